The van der Waals surface area contributed by atoms with Gasteiger partial charge in [0.2, 0.25) is 0 Å². The van der Waals surface area contributed by atoms with Crippen LogP contribution in [-0.2, 0) is 32.5 Å². The molecule has 2 aromatic heterocycles. The van der Waals surface area contributed by atoms with Crippen LogP contribution in [0.25, 0.3) is 133 Å². The van der Waals surface area contributed by atoms with Gasteiger partial charge in [0.05, 0.1) is 0 Å². The Labute approximate surface area is 739 Å². The summed E-state index contributed by atoms with van der Waals surface area (Å²) in [6.07, 6.45) is 29.8. The molecule has 0 saturated carbocycles. The van der Waals surface area contributed by atoms with E-state index in [4.69, 9.17) is 8.83 Å². The van der Waals surface area contributed by atoms with Gasteiger partial charge < -0.3 is 13.7 Å². The van der Waals surface area contributed by atoms with Crippen LogP contribution < -0.4 is 4.90 Å². The first-order chi connectivity index (χ1) is 60.2. The maximum atomic E-state index is 7.41. The van der Waals surface area contributed by atoms with E-state index in [1.165, 1.54) is 295 Å². The van der Waals surface area contributed by atoms with Gasteiger partial charge in [-0.05, 0) is 243 Å². The van der Waals surface area contributed by atoms with E-state index < -0.39 is 0 Å². The molecule has 0 atom stereocenters. The highest BCUT2D eigenvalue weighted by Crippen LogP contribution is 2.66. The van der Waals surface area contributed by atoms with Crippen molar-refractivity contribution in [2.75, 3.05) is 4.90 Å². The zero-order chi connectivity index (χ0) is 85.2. The summed E-state index contributed by atoms with van der Waals surface area (Å²) in [6, 6.07) is 95.7. The molecule has 628 valence electrons. The van der Waals surface area contributed by atoms with Gasteiger partial charge in [-0.25, -0.2) is 0 Å². The summed E-state index contributed by atoms with van der Waals surface area (Å²) >= 11 is 0. The van der Waals surface area contributed by atoms with Gasteiger partial charge in [0.1, 0.15) is 22.3 Å². The van der Waals surface area contributed by atoms with Gasteiger partial charge in [-0.15, -0.1) is 0 Å². The lowest BCUT2D eigenvalue weighted by atomic mass is 9.70. The number of hydrogen-bond acceptors (Lipinski definition) is 3. The molecule has 0 saturated heterocycles. The standard InChI is InChI=1S/C121H127NO2/c1-14-18-22-26-38-68-120(69-39-27-23-19-15-2)98-47-35-30-42-87(98)90-65-56-82(74-102(90)120)81-55-64-89-88-63-54-80(72-99(88)117(8,9)100(89)73-81)78-50-52-79(53-51-78)96-77-104-107(109-94-44-32-36-48-105(94)123-114(96)109)93-67-62-86(76-103(93)121(104,70-40-28-24-20-16-3)71-41-29-25-21-17-4)122(84-59-57-83(58-60-84)116(5,6)7)85-61-66-92-101(75-85)119(12,13)112-108(92)110-95-45-33-37-49-106(95)124-115(110)111-91-43-31-34-46-97(91)118(10,11)113(111)112/h30-37,42-67,72-77H,14-29,38-41,68-71H2,1-13H3. The number of hydrogen-bond donors (Lipinski definition) is 0. The van der Waals surface area contributed by atoms with Crippen molar-refractivity contribution in [2.24, 2.45) is 0 Å². The Kier molecular flexibility index (Phi) is 21.1. The molecule has 0 radical (unpaired) electrons. The van der Waals surface area contributed by atoms with E-state index in [9.17, 15) is 0 Å². The van der Waals surface area contributed by atoms with Crippen molar-refractivity contribution >= 4 is 60.9 Å². The van der Waals surface area contributed by atoms with Crippen molar-refractivity contribution in [3.63, 3.8) is 0 Å². The maximum absolute atomic E-state index is 7.41. The first-order valence-electron chi connectivity index (χ1n) is 48.2. The van der Waals surface area contributed by atoms with Crippen molar-refractivity contribution in [3.05, 3.63) is 304 Å². The Morgan fingerprint density at radius 3 is 1.19 bits per heavy atom. The molecule has 15 aromatic rings. The third-order valence-corrected chi connectivity index (χ3v) is 31.0. The minimum atomic E-state index is -0.370. The number of fused-ring (bicyclic) bond motifs is 25. The minimum Gasteiger partial charge on any atom is -0.455 e. The Balaban J connectivity index is 0.688. The summed E-state index contributed by atoms with van der Waals surface area (Å²) in [5, 5.41) is 4.84. The third-order valence-electron chi connectivity index (χ3n) is 31.0. The molecule has 3 heteroatoms. The van der Waals surface area contributed by atoms with E-state index in [2.05, 4.69) is 338 Å². The van der Waals surface area contributed by atoms with E-state index in [0.717, 1.165) is 59.4 Å². The molecule has 0 fully saturated rings. The number of unbranched alkanes of at least 4 members (excludes halogenated alkanes) is 16. The molecule has 124 heavy (non-hydrogen) atoms. The molecule has 13 aromatic carbocycles. The van der Waals surface area contributed by atoms with Crippen LogP contribution in [0.1, 0.15) is 305 Å². The van der Waals surface area contributed by atoms with Crippen molar-refractivity contribution in [1.29, 1.82) is 0 Å². The average molecular weight is 1630 g/mol. The fourth-order valence-corrected chi connectivity index (χ4v) is 24.4. The highest BCUT2D eigenvalue weighted by molar-refractivity contribution is 6.22. The SMILES string of the molecule is CCCCCCCC1(CCCCCCC)c2ccccc2-c2ccc(-c3ccc4c(c3)C(C)(C)c3cc(-c5ccc(-c6cc7c(c8c6oc6ccccc68)-c6ccc(N(c8ccc(C(C)(C)C)cc8)c8ccc9c(c8)C(C)(C)c8c%10c(c%11oc%12ccccc%12c%11c8-9)-c8ccccc8C%10(C)C)cc6C7(CCCCCCC)CCCCCCC)cc5)ccc3-4)cc21. The molecular formula is C121H127NO2. The number of furan rings is 2. The van der Waals surface area contributed by atoms with Gasteiger partial charge >= 0.3 is 0 Å². The second kappa shape index (κ2) is 32.0. The molecule has 0 spiro atoms. The third kappa shape index (κ3) is 13.2. The summed E-state index contributed by atoms with van der Waals surface area (Å²) in [5.41, 5.74) is 43.0. The predicted octanol–water partition coefficient (Wildman–Crippen LogP) is 36.1. The lowest BCUT2D eigenvalue weighted by Gasteiger charge is -2.35. The maximum Gasteiger partial charge on any atom is 0.144 e. The quantitative estimate of drug-likeness (QED) is 0.0420. The van der Waals surface area contributed by atoms with Gasteiger partial charge in [0.25, 0.3) is 0 Å². The van der Waals surface area contributed by atoms with Crippen LogP contribution in [0.2, 0.25) is 0 Å². The van der Waals surface area contributed by atoms with Crippen LogP contribution in [0.5, 0.6) is 0 Å². The first-order valence-corrected chi connectivity index (χ1v) is 48.2. The number of benzene rings is 13. The van der Waals surface area contributed by atoms with E-state index in [-0.39, 0.29) is 32.5 Å². The lowest BCUT2D eigenvalue weighted by Crippen LogP contribution is -2.26. The van der Waals surface area contributed by atoms with Crippen LogP contribution in [0.15, 0.2) is 251 Å². The van der Waals surface area contributed by atoms with Gasteiger partial charge in [-0.2, -0.15) is 0 Å². The summed E-state index contributed by atoms with van der Waals surface area (Å²) in [5.74, 6) is 0. The van der Waals surface area contributed by atoms with Crippen LogP contribution in [0.4, 0.5) is 17.1 Å². The molecule has 0 aliphatic heterocycles. The Morgan fingerprint density at radius 2 is 0.637 bits per heavy atom. The largest absolute Gasteiger partial charge is 0.455 e. The smallest absolute Gasteiger partial charge is 0.144 e. The molecule has 0 bridgehead atoms. The van der Waals surface area contributed by atoms with E-state index >= 15 is 0 Å². The summed E-state index contributed by atoms with van der Waals surface area (Å²) in [7, 11) is 0. The van der Waals surface area contributed by atoms with Crippen LogP contribution in [-0.4, -0.2) is 0 Å². The van der Waals surface area contributed by atoms with Crippen LogP contribution in [0.3, 0.4) is 0 Å². The predicted molar refractivity (Wildman–Crippen MR) is 529 cm³/mol. The van der Waals surface area contributed by atoms with Gasteiger partial charge in [-0.3, -0.25) is 0 Å². The molecule has 3 nitrogen and oxygen atoms in total. The fourth-order valence-electron chi connectivity index (χ4n) is 24.4. The Bertz CT molecular complexity index is 6600. The highest BCUT2D eigenvalue weighted by atomic mass is 16.3. The van der Waals surface area contributed by atoms with Crippen LogP contribution in [0, 0.1) is 0 Å². The highest BCUT2D eigenvalue weighted by Gasteiger charge is 2.51. The summed E-state index contributed by atoms with van der Waals surface area (Å²) < 4.78 is 14.6. The topological polar surface area (TPSA) is 29.5 Å². The Morgan fingerprint density at radius 1 is 0.266 bits per heavy atom. The monoisotopic (exact) mass is 1630 g/mol. The number of rotatable bonds is 30. The molecule has 0 amide bonds. The van der Waals surface area contributed by atoms with Crippen molar-refractivity contribution in [3.8, 4) is 89.0 Å². The normalized spacial score (nSPS) is 15.3. The zero-order valence-electron chi connectivity index (χ0n) is 76.3. The summed E-state index contributed by atoms with van der Waals surface area (Å²) in [6.45, 7) is 31.3. The molecule has 0 N–H and O–H groups in total. The number of nitrogens with zero attached hydrogens (tertiary/aromatic N) is 1. The van der Waals surface area contributed by atoms with E-state index in [1.54, 1.807) is 11.1 Å². The Hall–Kier alpha value is -10.7. The second-order valence-corrected chi connectivity index (χ2v) is 40.7. The van der Waals surface area contributed by atoms with Gasteiger partial charge in [-0.1, -0.05) is 388 Å². The molecule has 5 aliphatic carbocycles. The first kappa shape index (κ1) is 81.6. The molecule has 2 heterocycles. The molecule has 0 unspecified atom stereocenters. The van der Waals surface area contributed by atoms with Crippen molar-refractivity contribution in [2.45, 2.75) is 277 Å². The van der Waals surface area contributed by atoms with E-state index in [1.807, 2.05) is 0 Å². The van der Waals surface area contributed by atoms with Crippen LogP contribution >= 0.6 is 0 Å². The van der Waals surface area contributed by atoms with Crippen molar-refractivity contribution in [1.82, 2.24) is 0 Å². The van der Waals surface area contributed by atoms with Crippen molar-refractivity contribution < 1.29 is 8.83 Å². The zero-order valence-corrected chi connectivity index (χ0v) is 76.3. The average Bonchev–Trinajstić information content (AvgIpc) is 1.50. The number of anilines is 3. The molecular weight excluding hydrogens is 1500 g/mol. The van der Waals surface area contributed by atoms with Gasteiger partial charge in [0.15, 0.2) is 0 Å². The van der Waals surface area contributed by atoms with E-state index in [0.29, 0.717) is 0 Å². The minimum absolute atomic E-state index is 0.0200. The van der Waals surface area contributed by atoms with Gasteiger partial charge in [0, 0.05) is 76.8 Å². The summed E-state index contributed by atoms with van der Waals surface area (Å²) in [4.78, 5) is 2.62. The number of para-hydroxylation sites is 2. The lowest BCUT2D eigenvalue weighted by molar-refractivity contribution is 0.399. The second-order valence-electron chi connectivity index (χ2n) is 40.7. The molecule has 20 rings (SSSR count). The fraction of sp³-hybridized carbons (Fsp3) is 0.355. The molecule has 5 aliphatic rings.